The molecule has 2 unspecified atom stereocenters. The minimum absolute atomic E-state index is 0.00914. The Balaban J connectivity index is 1.65. The van der Waals surface area contributed by atoms with Crippen LogP contribution in [0.25, 0.3) is 0 Å². The molecule has 0 radical (unpaired) electrons. The average Bonchev–Trinajstić information content (AvgIpc) is 2.86. The van der Waals surface area contributed by atoms with E-state index in [1.165, 1.54) is 0 Å². The van der Waals surface area contributed by atoms with Crippen LogP contribution in [0.15, 0.2) is 18.2 Å². The van der Waals surface area contributed by atoms with Gasteiger partial charge in [0.05, 0.1) is 0 Å². The van der Waals surface area contributed by atoms with Crippen molar-refractivity contribution >= 4 is 40.9 Å². The number of halogens is 2. The third-order valence-corrected chi connectivity index (χ3v) is 4.72. The minimum atomic E-state index is -0.249. The molecule has 1 aromatic carbocycles. The number of hydrogen-bond acceptors (Lipinski definition) is 5. The van der Waals surface area contributed by atoms with Crippen LogP contribution in [0.5, 0.6) is 0 Å². The molecule has 1 aromatic rings. The molecule has 4 N–H and O–H groups in total. The predicted molar refractivity (Wildman–Crippen MR) is 88.3 cm³/mol. The van der Waals surface area contributed by atoms with Crippen molar-refractivity contribution < 1.29 is 4.79 Å². The molecule has 0 saturated carbocycles. The molecule has 2 atom stereocenters. The summed E-state index contributed by atoms with van der Waals surface area (Å²) in [4.78, 5) is 11.9. The molecule has 2 rings (SSSR count). The van der Waals surface area contributed by atoms with Gasteiger partial charge in [0.15, 0.2) is 0 Å². The second-order valence-electron chi connectivity index (χ2n) is 4.76. The van der Waals surface area contributed by atoms with Crippen LogP contribution in [0.1, 0.15) is 12.5 Å². The zero-order valence-electron chi connectivity index (χ0n) is 11.6. The van der Waals surface area contributed by atoms with Crippen molar-refractivity contribution in [2.45, 2.75) is 24.8 Å². The Morgan fingerprint density at radius 2 is 2.19 bits per heavy atom. The third kappa shape index (κ3) is 5.02. The molecule has 0 aliphatic carbocycles. The molecule has 1 aliphatic rings. The Morgan fingerprint density at radius 3 is 2.86 bits per heavy atom. The minimum Gasteiger partial charge on any atom is -0.354 e. The van der Waals surface area contributed by atoms with Gasteiger partial charge in [-0.1, -0.05) is 29.3 Å². The summed E-state index contributed by atoms with van der Waals surface area (Å²) in [5, 5.41) is 4.23. The van der Waals surface area contributed by atoms with E-state index in [9.17, 15) is 4.79 Å². The second kappa shape index (κ2) is 8.22. The monoisotopic (exact) mass is 348 g/mol. The van der Waals surface area contributed by atoms with Gasteiger partial charge in [0.1, 0.15) is 6.04 Å². The molecule has 5 nitrogen and oxygen atoms in total. The Bertz CT molecular complexity index is 503. The molecule has 8 heteroatoms. The first-order valence-corrected chi connectivity index (χ1v) is 8.54. The smallest absolute Gasteiger partial charge is 0.240 e. The van der Waals surface area contributed by atoms with Gasteiger partial charge in [-0.25, -0.2) is 10.9 Å². The molecule has 1 heterocycles. The van der Waals surface area contributed by atoms with E-state index in [-0.39, 0.29) is 18.0 Å². The van der Waals surface area contributed by atoms with Crippen LogP contribution in [-0.2, 0) is 10.5 Å². The van der Waals surface area contributed by atoms with Gasteiger partial charge in [-0.2, -0.15) is 17.3 Å². The summed E-state index contributed by atoms with van der Waals surface area (Å²) in [5.74, 6) is 1.62. The van der Waals surface area contributed by atoms with Crippen LogP contribution < -0.4 is 21.7 Å². The largest absolute Gasteiger partial charge is 0.354 e. The first kappa shape index (κ1) is 16.9. The Labute approximate surface area is 138 Å². The second-order valence-corrected chi connectivity index (χ2v) is 6.71. The van der Waals surface area contributed by atoms with E-state index in [2.05, 4.69) is 21.7 Å². The van der Waals surface area contributed by atoms with E-state index < -0.39 is 0 Å². The maximum Gasteiger partial charge on any atom is 0.240 e. The summed E-state index contributed by atoms with van der Waals surface area (Å²) in [6, 6.07) is 5.32. The SMILES string of the molecule is CC1NNNC1C(=O)NCCSCc1ccc(Cl)cc1Cl. The van der Waals surface area contributed by atoms with Crippen molar-refractivity contribution in [1.29, 1.82) is 0 Å². The van der Waals surface area contributed by atoms with E-state index in [0.29, 0.717) is 16.6 Å². The fraction of sp³-hybridized carbons (Fsp3) is 0.462. The number of nitrogens with one attached hydrogen (secondary N) is 4. The van der Waals surface area contributed by atoms with Gasteiger partial charge in [0, 0.05) is 34.1 Å². The molecule has 21 heavy (non-hydrogen) atoms. The zero-order valence-corrected chi connectivity index (χ0v) is 13.9. The van der Waals surface area contributed by atoms with Gasteiger partial charge in [-0.15, -0.1) is 0 Å². The van der Waals surface area contributed by atoms with Crippen LogP contribution in [0.4, 0.5) is 0 Å². The summed E-state index contributed by atoms with van der Waals surface area (Å²) in [6.07, 6.45) is 0. The van der Waals surface area contributed by atoms with Crippen LogP contribution in [0.2, 0.25) is 10.0 Å². The van der Waals surface area contributed by atoms with E-state index in [4.69, 9.17) is 23.2 Å². The summed E-state index contributed by atoms with van der Waals surface area (Å²) in [7, 11) is 0. The maximum atomic E-state index is 11.9. The highest BCUT2D eigenvalue weighted by molar-refractivity contribution is 7.98. The van der Waals surface area contributed by atoms with E-state index in [0.717, 1.165) is 17.1 Å². The van der Waals surface area contributed by atoms with Gasteiger partial charge in [0.2, 0.25) is 5.91 Å². The van der Waals surface area contributed by atoms with E-state index >= 15 is 0 Å². The molecule has 0 bridgehead atoms. The van der Waals surface area contributed by atoms with Crippen molar-refractivity contribution in [3.05, 3.63) is 33.8 Å². The molecule has 116 valence electrons. The lowest BCUT2D eigenvalue weighted by Crippen LogP contribution is -2.47. The van der Waals surface area contributed by atoms with Crippen molar-refractivity contribution in [2.75, 3.05) is 12.3 Å². The lowest BCUT2D eigenvalue weighted by atomic mass is 10.1. The number of hydrazine groups is 2. The topological polar surface area (TPSA) is 65.2 Å². The number of thioether (sulfide) groups is 1. The number of carbonyl (C=O) groups is 1. The van der Waals surface area contributed by atoms with Gasteiger partial charge in [-0.3, -0.25) is 4.79 Å². The lowest BCUT2D eigenvalue weighted by Gasteiger charge is -2.13. The Hall–Kier alpha value is -0.500. The molecular formula is C13H18Cl2N4OS. The molecule has 1 fully saturated rings. The molecule has 0 spiro atoms. The van der Waals surface area contributed by atoms with Crippen molar-refractivity contribution in [3.63, 3.8) is 0 Å². The zero-order chi connectivity index (χ0) is 15.2. The fourth-order valence-electron chi connectivity index (χ4n) is 1.91. The predicted octanol–water partition coefficient (Wildman–Crippen LogP) is 1.71. The Morgan fingerprint density at radius 1 is 1.38 bits per heavy atom. The highest BCUT2D eigenvalue weighted by Gasteiger charge is 2.28. The number of rotatable bonds is 6. The highest BCUT2D eigenvalue weighted by atomic mass is 35.5. The molecule has 1 aliphatic heterocycles. The Kier molecular flexibility index (Phi) is 6.60. The van der Waals surface area contributed by atoms with Gasteiger partial charge in [0.25, 0.3) is 0 Å². The number of benzene rings is 1. The van der Waals surface area contributed by atoms with Crippen molar-refractivity contribution in [2.24, 2.45) is 0 Å². The standard InChI is InChI=1S/C13H18Cl2N4OS/c1-8-12(18-19-17-8)13(20)16-4-5-21-7-9-2-3-10(14)6-11(9)15/h2-3,6,8,12,17-19H,4-5,7H2,1H3,(H,16,20). The van der Waals surface area contributed by atoms with Crippen LogP contribution in [0.3, 0.4) is 0 Å². The fourth-order valence-corrected chi connectivity index (χ4v) is 3.33. The number of amides is 1. The van der Waals surface area contributed by atoms with Crippen LogP contribution in [0, 0.1) is 0 Å². The lowest BCUT2D eigenvalue weighted by molar-refractivity contribution is -0.122. The van der Waals surface area contributed by atoms with E-state index in [1.807, 2.05) is 19.1 Å². The van der Waals surface area contributed by atoms with Crippen LogP contribution >= 0.6 is 35.0 Å². The highest BCUT2D eigenvalue weighted by Crippen LogP contribution is 2.24. The summed E-state index contributed by atoms with van der Waals surface area (Å²) >= 11 is 13.7. The summed E-state index contributed by atoms with van der Waals surface area (Å²) in [6.45, 7) is 2.56. The molecule has 0 aromatic heterocycles. The normalized spacial score (nSPS) is 21.5. The first-order valence-electron chi connectivity index (χ1n) is 6.63. The number of hydrogen-bond donors (Lipinski definition) is 4. The van der Waals surface area contributed by atoms with Gasteiger partial charge in [-0.05, 0) is 24.6 Å². The van der Waals surface area contributed by atoms with Crippen molar-refractivity contribution in [3.8, 4) is 0 Å². The summed E-state index contributed by atoms with van der Waals surface area (Å²) < 4.78 is 0. The van der Waals surface area contributed by atoms with Gasteiger partial charge < -0.3 is 5.32 Å². The first-order chi connectivity index (χ1) is 10.1. The molecule has 1 amide bonds. The molecular weight excluding hydrogens is 331 g/mol. The van der Waals surface area contributed by atoms with Crippen molar-refractivity contribution in [1.82, 2.24) is 21.7 Å². The van der Waals surface area contributed by atoms with Crippen LogP contribution in [-0.4, -0.2) is 30.3 Å². The quantitative estimate of drug-likeness (QED) is 0.589. The average molecular weight is 349 g/mol. The van der Waals surface area contributed by atoms with Gasteiger partial charge >= 0.3 is 0 Å². The summed E-state index contributed by atoms with van der Waals surface area (Å²) in [5.41, 5.74) is 9.61. The molecule has 1 saturated heterocycles. The maximum absolute atomic E-state index is 11.9. The third-order valence-electron chi connectivity index (χ3n) is 3.13. The van der Waals surface area contributed by atoms with E-state index in [1.54, 1.807) is 17.8 Å². The number of carbonyl (C=O) groups excluding carboxylic acids is 1.